The first kappa shape index (κ1) is 19.3. The van der Waals surface area contributed by atoms with Gasteiger partial charge in [0.1, 0.15) is 17.2 Å². The van der Waals surface area contributed by atoms with Gasteiger partial charge in [-0.1, -0.05) is 72.3 Å². The average molecular weight is 407 g/mol. The highest BCUT2D eigenvalue weighted by Crippen LogP contribution is 2.22. The Morgan fingerprint density at radius 3 is 2.31 bits per heavy atom. The van der Waals surface area contributed by atoms with Gasteiger partial charge in [0.2, 0.25) is 0 Å². The Morgan fingerprint density at radius 1 is 0.828 bits per heavy atom. The summed E-state index contributed by atoms with van der Waals surface area (Å²) >= 11 is 6.29. The quantitative estimate of drug-likeness (QED) is 0.465. The van der Waals surface area contributed by atoms with Crippen molar-refractivity contribution in [1.82, 2.24) is 20.3 Å². The van der Waals surface area contributed by atoms with Crippen molar-refractivity contribution in [2.75, 3.05) is 0 Å². The molecule has 0 aliphatic heterocycles. The van der Waals surface area contributed by atoms with Crippen molar-refractivity contribution in [3.63, 3.8) is 0 Å². The van der Waals surface area contributed by atoms with Crippen molar-refractivity contribution < 1.29 is 4.39 Å². The van der Waals surface area contributed by atoms with E-state index in [1.54, 1.807) is 16.9 Å². The normalized spacial score (nSPS) is 11.0. The molecule has 0 aliphatic rings. The number of aromatic nitrogens is 3. The summed E-state index contributed by atoms with van der Waals surface area (Å²) in [5, 5.41) is 13.5. The number of hydrogen-bond acceptors (Lipinski definition) is 3. The van der Waals surface area contributed by atoms with E-state index in [2.05, 4.69) is 5.32 Å². The van der Waals surface area contributed by atoms with Crippen molar-refractivity contribution in [3.8, 4) is 11.3 Å². The number of nitrogens with one attached hydrogen (secondary N) is 1. The standard InChI is InChI=1S/C23H20ClFN4/c24-21-9-5-4-8-19(21)16-29-27-22(23(28-29)18-6-2-1-3-7-18)15-26-14-17-10-12-20(25)13-11-17/h1-13,26H,14-16H2. The van der Waals surface area contributed by atoms with E-state index in [0.29, 0.717) is 24.7 Å². The van der Waals surface area contributed by atoms with Crippen LogP contribution in [0.5, 0.6) is 0 Å². The lowest BCUT2D eigenvalue weighted by Crippen LogP contribution is -2.14. The number of hydrogen-bond donors (Lipinski definition) is 1. The first-order chi connectivity index (χ1) is 14.2. The Labute approximate surface area is 174 Å². The van der Waals surface area contributed by atoms with Gasteiger partial charge in [-0.3, -0.25) is 0 Å². The molecule has 0 spiro atoms. The molecule has 146 valence electrons. The van der Waals surface area contributed by atoms with Gasteiger partial charge in [0, 0.05) is 23.7 Å². The summed E-state index contributed by atoms with van der Waals surface area (Å²) in [7, 11) is 0. The molecule has 3 aromatic carbocycles. The third-order valence-electron chi connectivity index (χ3n) is 4.58. The first-order valence-corrected chi connectivity index (χ1v) is 9.75. The van der Waals surface area contributed by atoms with Gasteiger partial charge in [-0.15, -0.1) is 0 Å². The minimum absolute atomic E-state index is 0.234. The molecule has 0 unspecified atom stereocenters. The number of halogens is 2. The zero-order valence-corrected chi connectivity index (χ0v) is 16.5. The second kappa shape index (κ2) is 8.99. The maximum Gasteiger partial charge on any atom is 0.123 e. The molecule has 1 aromatic heterocycles. The zero-order chi connectivity index (χ0) is 20.1. The monoisotopic (exact) mass is 406 g/mol. The summed E-state index contributed by atoms with van der Waals surface area (Å²) in [6, 6.07) is 24.2. The molecule has 0 radical (unpaired) electrons. The second-order valence-corrected chi connectivity index (χ2v) is 7.12. The van der Waals surface area contributed by atoms with Crippen LogP contribution in [-0.2, 0) is 19.6 Å². The highest BCUT2D eigenvalue weighted by molar-refractivity contribution is 6.31. The molecule has 6 heteroatoms. The molecular formula is C23H20ClFN4. The van der Waals surface area contributed by atoms with Gasteiger partial charge in [0.15, 0.2) is 0 Å². The van der Waals surface area contributed by atoms with E-state index in [9.17, 15) is 4.39 Å². The highest BCUT2D eigenvalue weighted by atomic mass is 35.5. The van der Waals surface area contributed by atoms with Crippen LogP contribution in [0.3, 0.4) is 0 Å². The van der Waals surface area contributed by atoms with Crippen LogP contribution in [0, 0.1) is 5.82 Å². The smallest absolute Gasteiger partial charge is 0.123 e. The van der Waals surface area contributed by atoms with Crippen LogP contribution >= 0.6 is 11.6 Å². The molecule has 0 amide bonds. The Kier molecular flexibility index (Phi) is 5.98. The molecule has 29 heavy (non-hydrogen) atoms. The summed E-state index contributed by atoms with van der Waals surface area (Å²) in [4.78, 5) is 1.68. The molecule has 0 bridgehead atoms. The fourth-order valence-electron chi connectivity index (χ4n) is 3.10. The summed E-state index contributed by atoms with van der Waals surface area (Å²) < 4.78 is 13.1. The van der Waals surface area contributed by atoms with Crippen molar-refractivity contribution in [2.45, 2.75) is 19.6 Å². The lowest BCUT2D eigenvalue weighted by molar-refractivity contribution is 0.576. The molecule has 4 rings (SSSR count). The van der Waals surface area contributed by atoms with E-state index in [1.165, 1.54) is 12.1 Å². The maximum absolute atomic E-state index is 13.1. The van der Waals surface area contributed by atoms with E-state index < -0.39 is 0 Å². The van der Waals surface area contributed by atoms with Gasteiger partial charge >= 0.3 is 0 Å². The Balaban J connectivity index is 1.55. The Bertz CT molecular complexity index is 1080. The van der Waals surface area contributed by atoms with Gasteiger partial charge in [0.05, 0.1) is 6.54 Å². The largest absolute Gasteiger partial charge is 0.307 e. The van der Waals surface area contributed by atoms with Gasteiger partial charge in [-0.25, -0.2) is 4.39 Å². The third kappa shape index (κ3) is 4.88. The molecule has 0 saturated carbocycles. The van der Waals surface area contributed by atoms with E-state index in [4.69, 9.17) is 21.8 Å². The van der Waals surface area contributed by atoms with Crippen LogP contribution in [0.25, 0.3) is 11.3 Å². The molecule has 4 aromatic rings. The lowest BCUT2D eigenvalue weighted by Gasteiger charge is -2.04. The van der Waals surface area contributed by atoms with Crippen LogP contribution in [0.15, 0.2) is 78.9 Å². The Morgan fingerprint density at radius 2 is 1.55 bits per heavy atom. The molecule has 1 heterocycles. The van der Waals surface area contributed by atoms with Crippen LogP contribution in [-0.4, -0.2) is 15.0 Å². The predicted octanol–water partition coefficient (Wildman–Crippen LogP) is 5.08. The van der Waals surface area contributed by atoms with Crippen molar-refractivity contribution >= 4 is 11.6 Å². The fourth-order valence-corrected chi connectivity index (χ4v) is 3.29. The molecule has 1 N–H and O–H groups in total. The fraction of sp³-hybridized carbons (Fsp3) is 0.130. The second-order valence-electron chi connectivity index (χ2n) is 6.71. The SMILES string of the molecule is Fc1ccc(CNCc2nn(Cc3ccccc3Cl)nc2-c2ccccc2)cc1. The molecular weight excluding hydrogens is 387 g/mol. The molecule has 0 saturated heterocycles. The summed E-state index contributed by atoms with van der Waals surface area (Å²) in [5.41, 5.74) is 4.68. The van der Waals surface area contributed by atoms with Crippen LogP contribution in [0.1, 0.15) is 16.8 Å². The lowest BCUT2D eigenvalue weighted by atomic mass is 10.1. The zero-order valence-electron chi connectivity index (χ0n) is 15.7. The van der Waals surface area contributed by atoms with E-state index in [-0.39, 0.29) is 5.82 Å². The Hall–Kier alpha value is -3.02. The molecule has 0 aliphatic carbocycles. The minimum atomic E-state index is -0.234. The number of nitrogens with zero attached hydrogens (tertiary/aromatic N) is 3. The molecule has 4 nitrogen and oxygen atoms in total. The molecule has 0 atom stereocenters. The van der Waals surface area contributed by atoms with Crippen LogP contribution < -0.4 is 5.32 Å². The molecule has 0 fully saturated rings. The van der Waals surface area contributed by atoms with Crippen LogP contribution in [0.2, 0.25) is 5.02 Å². The summed E-state index contributed by atoms with van der Waals surface area (Å²) in [6.45, 7) is 1.66. The van der Waals surface area contributed by atoms with E-state index in [0.717, 1.165) is 28.1 Å². The van der Waals surface area contributed by atoms with Gasteiger partial charge in [0.25, 0.3) is 0 Å². The van der Waals surface area contributed by atoms with E-state index >= 15 is 0 Å². The average Bonchev–Trinajstić information content (AvgIpc) is 3.14. The van der Waals surface area contributed by atoms with Gasteiger partial charge in [-0.2, -0.15) is 15.0 Å². The number of benzene rings is 3. The van der Waals surface area contributed by atoms with E-state index in [1.807, 2.05) is 54.6 Å². The van der Waals surface area contributed by atoms with Crippen molar-refractivity contribution in [1.29, 1.82) is 0 Å². The third-order valence-corrected chi connectivity index (χ3v) is 4.95. The topological polar surface area (TPSA) is 42.7 Å². The first-order valence-electron chi connectivity index (χ1n) is 9.37. The minimum Gasteiger partial charge on any atom is -0.307 e. The number of rotatable bonds is 7. The maximum atomic E-state index is 13.1. The van der Waals surface area contributed by atoms with Crippen LogP contribution in [0.4, 0.5) is 4.39 Å². The van der Waals surface area contributed by atoms with Gasteiger partial charge < -0.3 is 5.32 Å². The highest BCUT2D eigenvalue weighted by Gasteiger charge is 2.14. The van der Waals surface area contributed by atoms with Gasteiger partial charge in [-0.05, 0) is 29.3 Å². The van der Waals surface area contributed by atoms with Crippen molar-refractivity contribution in [3.05, 3.63) is 107 Å². The van der Waals surface area contributed by atoms with Crippen molar-refractivity contribution in [2.24, 2.45) is 0 Å². The summed E-state index contributed by atoms with van der Waals surface area (Å²) in [5.74, 6) is -0.234. The predicted molar refractivity (Wildman–Crippen MR) is 113 cm³/mol. The summed E-state index contributed by atoms with van der Waals surface area (Å²) in [6.07, 6.45) is 0.